The van der Waals surface area contributed by atoms with Crippen molar-refractivity contribution in [1.29, 1.82) is 0 Å². The molecule has 2 bridgehead atoms. The molecule has 14 rings (SSSR count). The van der Waals surface area contributed by atoms with Crippen molar-refractivity contribution >= 4 is 0 Å². The van der Waals surface area contributed by atoms with Gasteiger partial charge >= 0.3 is 0 Å². The van der Waals surface area contributed by atoms with Gasteiger partial charge in [0.1, 0.15) is 0 Å². The fourth-order valence-corrected chi connectivity index (χ4v) is 13.2. The summed E-state index contributed by atoms with van der Waals surface area (Å²) in [5.41, 5.74) is 17.0. The first kappa shape index (κ1) is 40.8. The van der Waals surface area contributed by atoms with Crippen LogP contribution in [0.4, 0.5) is 0 Å². The topological polar surface area (TPSA) is 77.3 Å². The molecule has 0 N–H and O–H groups in total. The molecule has 5 atom stereocenters. The van der Waals surface area contributed by atoms with Crippen LogP contribution in [0.3, 0.4) is 0 Å². The number of benzene rings is 8. The molecule has 2 spiro atoms. The molecule has 334 valence electrons. The van der Waals surface area contributed by atoms with Crippen LogP contribution in [0.1, 0.15) is 43.7 Å². The largest absolute Gasteiger partial charge is 0.208 e. The van der Waals surface area contributed by atoms with Crippen LogP contribution < -0.4 is 0 Å². The molecule has 6 nitrogen and oxygen atoms in total. The molecule has 10 aromatic rings. The van der Waals surface area contributed by atoms with Crippen LogP contribution in [0.25, 0.3) is 102 Å². The van der Waals surface area contributed by atoms with E-state index in [-0.39, 0.29) is 5.41 Å². The van der Waals surface area contributed by atoms with Gasteiger partial charge in [0.25, 0.3) is 0 Å². The lowest BCUT2D eigenvalue weighted by molar-refractivity contribution is 0.202. The summed E-state index contributed by atoms with van der Waals surface area (Å²) in [5.74, 6) is 6.04. The Bertz CT molecular complexity index is 3500. The number of hydrogen-bond donors (Lipinski definition) is 0. The molecule has 5 unspecified atom stereocenters. The zero-order valence-corrected chi connectivity index (χ0v) is 38.9. The number of hydrogen-bond acceptors (Lipinski definition) is 6. The standard InChI is InChI=1S/C64H48N6/c1-40-35-50-38-63(37-40)39-55(63)64(50)53-34-33-49(41-25-29-47(30-26-41)61-67-57(43-15-6-2-7-16-43)65-58(68-61)44-17-8-3-9-18-44)36-52(53)56-51(23-14-24-54(56)64)42-27-31-48(32-28-42)62-69-59(45-19-10-4-11-20-45)66-60(70-62)46-21-12-5-13-22-46/h2-34,36,40,50,55H,35,37-39H2,1H3. The van der Waals surface area contributed by atoms with E-state index < -0.39 is 0 Å². The van der Waals surface area contributed by atoms with Crippen molar-refractivity contribution in [3.05, 3.63) is 217 Å². The van der Waals surface area contributed by atoms with Gasteiger partial charge in [-0.25, -0.2) is 29.9 Å². The minimum atomic E-state index is 0.0337. The third-order valence-corrected chi connectivity index (χ3v) is 16.1. The summed E-state index contributed by atoms with van der Waals surface area (Å²) in [5, 5.41) is 0. The first-order valence-corrected chi connectivity index (χ1v) is 24.7. The summed E-state index contributed by atoms with van der Waals surface area (Å²) in [7, 11) is 0. The second-order valence-electron chi connectivity index (χ2n) is 20.2. The Balaban J connectivity index is 0.864. The lowest BCUT2D eigenvalue weighted by atomic mass is 9.64. The highest BCUT2D eigenvalue weighted by Gasteiger charge is 2.76. The Kier molecular flexibility index (Phi) is 9.29. The SMILES string of the molecule is CC1CC2CC3(C1)CC3C21c2ccc(-c3ccc(-c4nc(-c5ccccc5)nc(-c5ccccc5)n4)cc3)cc2-c2c(-c3ccc(-c4nc(-c5ccccc5)nc(-c5ccccc5)n4)cc3)cccc21. The Labute approximate surface area is 408 Å². The van der Waals surface area contributed by atoms with Crippen LogP contribution in [-0.2, 0) is 5.41 Å². The Morgan fingerprint density at radius 1 is 0.343 bits per heavy atom. The molecule has 0 saturated heterocycles. The van der Waals surface area contributed by atoms with E-state index in [4.69, 9.17) is 29.9 Å². The van der Waals surface area contributed by atoms with Crippen LogP contribution in [0, 0.1) is 23.2 Å². The van der Waals surface area contributed by atoms with E-state index in [2.05, 4.69) is 140 Å². The molecule has 3 saturated carbocycles. The summed E-state index contributed by atoms with van der Waals surface area (Å²) in [6.45, 7) is 2.50. The van der Waals surface area contributed by atoms with Crippen molar-refractivity contribution < 1.29 is 0 Å². The van der Waals surface area contributed by atoms with Gasteiger partial charge in [-0.3, -0.25) is 0 Å². The van der Waals surface area contributed by atoms with Gasteiger partial charge in [-0.15, -0.1) is 0 Å². The minimum Gasteiger partial charge on any atom is -0.208 e. The fourth-order valence-electron chi connectivity index (χ4n) is 13.2. The van der Waals surface area contributed by atoms with E-state index in [0.717, 1.165) is 39.3 Å². The fraction of sp³-hybridized carbons (Fsp3) is 0.156. The van der Waals surface area contributed by atoms with Gasteiger partial charge in [0.2, 0.25) is 0 Å². The van der Waals surface area contributed by atoms with Gasteiger partial charge in [-0.2, -0.15) is 0 Å². The van der Waals surface area contributed by atoms with Crippen LogP contribution in [0.5, 0.6) is 0 Å². The summed E-state index contributed by atoms with van der Waals surface area (Å²) in [6, 6.07) is 73.0. The lowest BCUT2D eigenvalue weighted by Crippen LogP contribution is -2.35. The van der Waals surface area contributed by atoms with Crippen molar-refractivity contribution in [3.63, 3.8) is 0 Å². The Morgan fingerprint density at radius 3 is 1.23 bits per heavy atom. The Morgan fingerprint density at radius 2 is 0.757 bits per heavy atom. The van der Waals surface area contributed by atoms with Crippen molar-refractivity contribution in [2.45, 2.75) is 38.0 Å². The summed E-state index contributed by atoms with van der Waals surface area (Å²) in [6.07, 6.45) is 5.34. The number of aromatic nitrogens is 6. The molecule has 3 fully saturated rings. The van der Waals surface area contributed by atoms with E-state index in [1.165, 1.54) is 70.2 Å². The molecule has 2 heterocycles. The van der Waals surface area contributed by atoms with Crippen molar-refractivity contribution in [3.8, 4) is 102 Å². The lowest BCUT2D eigenvalue weighted by Gasteiger charge is -2.39. The molecule has 6 heteroatoms. The molecule has 70 heavy (non-hydrogen) atoms. The normalized spacial score (nSPS) is 21.2. The van der Waals surface area contributed by atoms with E-state index in [1.807, 2.05) is 72.8 Å². The first-order valence-electron chi connectivity index (χ1n) is 24.7. The highest BCUT2D eigenvalue weighted by Crippen LogP contribution is 2.82. The molecular weight excluding hydrogens is 853 g/mol. The molecule has 2 aromatic heterocycles. The third-order valence-electron chi connectivity index (χ3n) is 16.1. The second kappa shape index (κ2) is 15.9. The molecule has 0 aliphatic heterocycles. The van der Waals surface area contributed by atoms with Crippen molar-refractivity contribution in [1.82, 2.24) is 29.9 Å². The number of fused-ring (bicyclic) bond motifs is 8. The summed E-state index contributed by atoms with van der Waals surface area (Å²) < 4.78 is 0. The van der Waals surface area contributed by atoms with Gasteiger partial charge in [-0.05, 0) is 99.4 Å². The van der Waals surface area contributed by atoms with Crippen LogP contribution in [0.15, 0.2) is 206 Å². The smallest absolute Gasteiger partial charge is 0.164 e. The molecular formula is C64H48N6. The van der Waals surface area contributed by atoms with Crippen LogP contribution in [0.2, 0.25) is 0 Å². The molecule has 0 radical (unpaired) electrons. The average Bonchev–Trinajstić information content (AvgIpc) is 3.96. The van der Waals surface area contributed by atoms with Crippen LogP contribution >= 0.6 is 0 Å². The van der Waals surface area contributed by atoms with Gasteiger partial charge in [-0.1, -0.05) is 207 Å². The van der Waals surface area contributed by atoms with Gasteiger partial charge < -0.3 is 0 Å². The monoisotopic (exact) mass is 900 g/mol. The Hall–Kier alpha value is -8.22. The maximum atomic E-state index is 5.05. The minimum absolute atomic E-state index is 0.0337. The van der Waals surface area contributed by atoms with Crippen molar-refractivity contribution in [2.24, 2.45) is 23.2 Å². The molecule has 4 aliphatic carbocycles. The summed E-state index contributed by atoms with van der Waals surface area (Å²) in [4.78, 5) is 30.0. The zero-order chi connectivity index (χ0) is 46.4. The molecule has 4 aliphatic rings. The molecule has 0 amide bonds. The highest BCUT2D eigenvalue weighted by atomic mass is 15.0. The predicted molar refractivity (Wildman–Crippen MR) is 280 cm³/mol. The number of nitrogens with zero attached hydrogens (tertiary/aromatic N) is 6. The van der Waals surface area contributed by atoms with Crippen molar-refractivity contribution in [2.75, 3.05) is 0 Å². The highest BCUT2D eigenvalue weighted by molar-refractivity contribution is 5.95. The molecule has 8 aromatic carbocycles. The van der Waals surface area contributed by atoms with Gasteiger partial charge in [0, 0.05) is 38.8 Å². The van der Waals surface area contributed by atoms with E-state index in [9.17, 15) is 0 Å². The average molecular weight is 901 g/mol. The van der Waals surface area contributed by atoms with Gasteiger partial charge in [0.15, 0.2) is 34.9 Å². The maximum Gasteiger partial charge on any atom is 0.164 e. The van der Waals surface area contributed by atoms with E-state index in [0.29, 0.717) is 52.2 Å². The van der Waals surface area contributed by atoms with Crippen LogP contribution in [-0.4, -0.2) is 29.9 Å². The van der Waals surface area contributed by atoms with E-state index in [1.54, 1.807) is 0 Å². The third kappa shape index (κ3) is 6.54. The maximum absolute atomic E-state index is 5.05. The first-order chi connectivity index (χ1) is 34.5. The quantitative estimate of drug-likeness (QED) is 0.151. The predicted octanol–water partition coefficient (Wildman–Crippen LogP) is 15.1. The van der Waals surface area contributed by atoms with Gasteiger partial charge in [0.05, 0.1) is 0 Å². The second-order valence-corrected chi connectivity index (χ2v) is 20.2. The summed E-state index contributed by atoms with van der Waals surface area (Å²) >= 11 is 0. The zero-order valence-electron chi connectivity index (χ0n) is 38.9. The van der Waals surface area contributed by atoms with E-state index >= 15 is 0 Å². The number of rotatable bonds is 8.